The lowest BCUT2D eigenvalue weighted by atomic mass is 10.0. The van der Waals surface area contributed by atoms with Gasteiger partial charge in [-0.25, -0.2) is 5.84 Å². The molecular weight excluding hydrogens is 284 g/mol. The van der Waals surface area contributed by atoms with Crippen molar-refractivity contribution in [1.82, 2.24) is 14.9 Å². The molecule has 0 unspecified atom stereocenters. The molecule has 1 aromatic heterocycles. The normalized spacial score (nSPS) is 14.7. The number of nitrogens with zero attached hydrogens (tertiary/aromatic N) is 2. The number of carbonyl (C=O) groups excluding carboxylic acids is 1. The number of hydrogen-bond acceptors (Lipinski definition) is 5. The van der Waals surface area contributed by atoms with E-state index in [2.05, 4.69) is 17.2 Å². The van der Waals surface area contributed by atoms with Gasteiger partial charge in [-0.1, -0.05) is 6.92 Å². The lowest BCUT2D eigenvalue weighted by Crippen LogP contribution is -2.41. The summed E-state index contributed by atoms with van der Waals surface area (Å²) in [6.07, 6.45) is 1.55. The van der Waals surface area contributed by atoms with Crippen molar-refractivity contribution in [3.05, 3.63) is 33.2 Å². The Hall–Kier alpha value is -1.70. The summed E-state index contributed by atoms with van der Waals surface area (Å²) in [5, 5.41) is 0. The number of rotatable bonds is 6. The fourth-order valence-electron chi connectivity index (χ4n) is 2.89. The van der Waals surface area contributed by atoms with Gasteiger partial charge in [-0.2, -0.15) is 0 Å². The summed E-state index contributed by atoms with van der Waals surface area (Å²) in [6, 6.07) is 1.69. The van der Waals surface area contributed by atoms with Gasteiger partial charge in [0, 0.05) is 45.5 Å². The molecule has 0 saturated heterocycles. The molecule has 0 atom stereocenters. The number of pyridine rings is 1. The molecule has 3 N–H and O–H groups in total. The van der Waals surface area contributed by atoms with E-state index in [1.807, 2.05) is 0 Å². The van der Waals surface area contributed by atoms with Gasteiger partial charge in [-0.05, 0) is 24.6 Å². The maximum absolute atomic E-state index is 12.6. The van der Waals surface area contributed by atoms with E-state index in [-0.39, 0.29) is 11.1 Å². The molecule has 1 aliphatic rings. The minimum atomic E-state index is -0.540. The highest BCUT2D eigenvalue weighted by atomic mass is 16.5. The zero-order valence-electron chi connectivity index (χ0n) is 13.2. The molecule has 0 fully saturated rings. The number of nitrogens with two attached hydrogens (primary N) is 1. The van der Waals surface area contributed by atoms with Gasteiger partial charge < -0.3 is 9.30 Å². The van der Waals surface area contributed by atoms with E-state index < -0.39 is 5.91 Å². The van der Waals surface area contributed by atoms with E-state index in [1.165, 1.54) is 0 Å². The number of hydrazine groups is 1. The average Bonchev–Trinajstić information content (AvgIpc) is 2.55. The Morgan fingerprint density at radius 3 is 2.91 bits per heavy atom. The summed E-state index contributed by atoms with van der Waals surface area (Å²) in [5.74, 6) is 4.66. The van der Waals surface area contributed by atoms with Gasteiger partial charge in [0.05, 0.1) is 0 Å². The van der Waals surface area contributed by atoms with Crippen LogP contribution in [0.2, 0.25) is 0 Å². The lowest BCUT2D eigenvalue weighted by Gasteiger charge is -2.30. The maximum atomic E-state index is 12.6. The third-order valence-corrected chi connectivity index (χ3v) is 4.10. The number of carbonyl (C=O) groups is 1. The predicted octanol–water partition coefficient (Wildman–Crippen LogP) is -0.134. The van der Waals surface area contributed by atoms with Crippen LogP contribution in [0.3, 0.4) is 0 Å². The number of amides is 1. The van der Waals surface area contributed by atoms with Gasteiger partial charge in [0.2, 0.25) is 0 Å². The van der Waals surface area contributed by atoms with Crippen LogP contribution in [0.15, 0.2) is 10.9 Å². The Balaban J connectivity index is 2.45. The van der Waals surface area contributed by atoms with E-state index in [0.717, 1.165) is 43.7 Å². The van der Waals surface area contributed by atoms with Gasteiger partial charge in [-0.15, -0.1) is 0 Å². The Labute approximate surface area is 130 Å². The molecule has 1 amide bonds. The van der Waals surface area contributed by atoms with Gasteiger partial charge in [0.15, 0.2) is 0 Å². The molecule has 22 heavy (non-hydrogen) atoms. The number of nitrogens with one attached hydrogen (secondary N) is 1. The van der Waals surface area contributed by atoms with Crippen LogP contribution < -0.4 is 16.8 Å². The molecule has 0 aliphatic carbocycles. The molecule has 1 aliphatic heterocycles. The first-order valence-corrected chi connectivity index (χ1v) is 7.60. The molecule has 0 radical (unpaired) electrons. The fourth-order valence-corrected chi connectivity index (χ4v) is 2.89. The first-order chi connectivity index (χ1) is 10.6. The van der Waals surface area contributed by atoms with Crippen molar-refractivity contribution in [3.63, 3.8) is 0 Å². The van der Waals surface area contributed by atoms with Crippen LogP contribution >= 0.6 is 0 Å². The highest BCUT2D eigenvalue weighted by molar-refractivity contribution is 5.93. The highest BCUT2D eigenvalue weighted by Crippen LogP contribution is 2.19. The van der Waals surface area contributed by atoms with Gasteiger partial charge in [-0.3, -0.25) is 19.9 Å². The minimum absolute atomic E-state index is 0.108. The Morgan fingerprint density at radius 2 is 2.27 bits per heavy atom. The molecule has 0 saturated carbocycles. The van der Waals surface area contributed by atoms with Crippen molar-refractivity contribution in [3.8, 4) is 0 Å². The second kappa shape index (κ2) is 7.53. The van der Waals surface area contributed by atoms with Crippen molar-refractivity contribution in [2.45, 2.75) is 32.9 Å². The molecular formula is C15H24N4O3. The number of fused-ring (bicyclic) bond motifs is 1. The van der Waals surface area contributed by atoms with Gasteiger partial charge in [0.25, 0.3) is 11.5 Å². The molecule has 7 heteroatoms. The second-order valence-corrected chi connectivity index (χ2v) is 5.43. The van der Waals surface area contributed by atoms with E-state index >= 15 is 0 Å². The summed E-state index contributed by atoms with van der Waals surface area (Å²) >= 11 is 0. The van der Waals surface area contributed by atoms with E-state index in [4.69, 9.17) is 10.6 Å². The monoisotopic (exact) mass is 308 g/mol. The molecule has 122 valence electrons. The molecule has 2 rings (SSSR count). The van der Waals surface area contributed by atoms with E-state index in [0.29, 0.717) is 13.2 Å². The Kier molecular flexibility index (Phi) is 5.70. The molecule has 2 heterocycles. The Bertz CT molecular complexity index is 597. The molecule has 7 nitrogen and oxygen atoms in total. The van der Waals surface area contributed by atoms with Crippen LogP contribution in [0.1, 0.15) is 35.0 Å². The minimum Gasteiger partial charge on any atom is -0.385 e. The van der Waals surface area contributed by atoms with Crippen molar-refractivity contribution < 1.29 is 9.53 Å². The van der Waals surface area contributed by atoms with E-state index in [9.17, 15) is 9.59 Å². The van der Waals surface area contributed by atoms with Crippen LogP contribution in [0.25, 0.3) is 0 Å². The highest BCUT2D eigenvalue weighted by Gasteiger charge is 2.23. The van der Waals surface area contributed by atoms with E-state index in [1.54, 1.807) is 17.7 Å². The van der Waals surface area contributed by atoms with Crippen molar-refractivity contribution in [2.24, 2.45) is 5.84 Å². The number of hydrogen-bond donors (Lipinski definition) is 2. The van der Waals surface area contributed by atoms with Crippen LogP contribution in [0.5, 0.6) is 0 Å². The molecule has 1 aromatic rings. The summed E-state index contributed by atoms with van der Waals surface area (Å²) in [7, 11) is 1.63. The molecule has 0 bridgehead atoms. The second-order valence-electron chi connectivity index (χ2n) is 5.43. The first kappa shape index (κ1) is 16.7. The topological polar surface area (TPSA) is 89.6 Å². The first-order valence-electron chi connectivity index (χ1n) is 7.60. The smallest absolute Gasteiger partial charge is 0.270 e. The largest absolute Gasteiger partial charge is 0.385 e. The fraction of sp³-hybridized carbons (Fsp3) is 0.600. The summed E-state index contributed by atoms with van der Waals surface area (Å²) in [6.45, 7) is 5.85. The molecule has 0 spiro atoms. The van der Waals surface area contributed by atoms with Crippen LogP contribution in [-0.4, -0.2) is 42.2 Å². The zero-order chi connectivity index (χ0) is 16.1. The average molecular weight is 308 g/mol. The number of nitrogen functional groups attached to an aromatic ring is 1. The lowest BCUT2D eigenvalue weighted by molar-refractivity contribution is 0.0951. The van der Waals surface area contributed by atoms with Gasteiger partial charge in [0.1, 0.15) is 5.56 Å². The number of ether oxygens (including phenoxy) is 1. The SMILES string of the molecule is CCN1CCc2c(cc(C(=O)NN)c(=O)n2CCCOC)C1. The summed E-state index contributed by atoms with van der Waals surface area (Å²) in [5.41, 5.74) is 3.95. The number of aromatic nitrogens is 1. The van der Waals surface area contributed by atoms with Crippen LogP contribution in [-0.2, 0) is 24.2 Å². The quantitative estimate of drug-likeness (QED) is 0.331. The third-order valence-electron chi connectivity index (χ3n) is 4.10. The zero-order valence-corrected chi connectivity index (χ0v) is 13.2. The van der Waals surface area contributed by atoms with Crippen LogP contribution in [0, 0.1) is 0 Å². The third kappa shape index (κ3) is 3.37. The maximum Gasteiger partial charge on any atom is 0.270 e. The standard InChI is InChI=1S/C15H24N4O3/c1-3-18-7-5-13-11(10-18)9-12(14(20)17-16)15(21)19(13)6-4-8-22-2/h9H,3-8,10,16H2,1-2H3,(H,17,20). The predicted molar refractivity (Wildman–Crippen MR) is 83.5 cm³/mol. The number of methoxy groups -OCH3 is 1. The Morgan fingerprint density at radius 1 is 1.50 bits per heavy atom. The van der Waals surface area contributed by atoms with Crippen molar-refractivity contribution in [2.75, 3.05) is 26.8 Å². The van der Waals surface area contributed by atoms with Crippen molar-refractivity contribution in [1.29, 1.82) is 0 Å². The summed E-state index contributed by atoms with van der Waals surface area (Å²) in [4.78, 5) is 26.7. The molecule has 0 aromatic carbocycles. The summed E-state index contributed by atoms with van der Waals surface area (Å²) < 4.78 is 6.77. The number of likely N-dealkylation sites (N-methyl/N-ethyl adjacent to an activating group) is 1. The van der Waals surface area contributed by atoms with Crippen molar-refractivity contribution >= 4 is 5.91 Å². The van der Waals surface area contributed by atoms with Crippen LogP contribution in [0.4, 0.5) is 0 Å². The van der Waals surface area contributed by atoms with Gasteiger partial charge >= 0.3 is 0 Å².